The third kappa shape index (κ3) is 4.51. The lowest BCUT2D eigenvalue weighted by Crippen LogP contribution is -2.50. The van der Waals surface area contributed by atoms with E-state index >= 15 is 0 Å². The molecule has 1 aliphatic heterocycles. The summed E-state index contributed by atoms with van der Waals surface area (Å²) in [7, 11) is 1.66. The number of nitrogens with zero attached hydrogens (tertiary/aromatic N) is 4. The number of benzene rings is 2. The van der Waals surface area contributed by atoms with Crippen molar-refractivity contribution in [1.82, 2.24) is 14.7 Å². The summed E-state index contributed by atoms with van der Waals surface area (Å²) in [5.41, 5.74) is 4.61. The highest BCUT2D eigenvalue weighted by atomic mass is 16.5. The Labute approximate surface area is 187 Å². The first-order valence-electron chi connectivity index (χ1n) is 10.8. The molecule has 0 N–H and O–H groups in total. The van der Waals surface area contributed by atoms with Crippen molar-refractivity contribution in [3.8, 4) is 17.0 Å². The first-order chi connectivity index (χ1) is 15.5. The molecule has 4 rings (SSSR count). The lowest BCUT2D eigenvalue weighted by atomic mass is 10.0. The minimum Gasteiger partial charge on any atom is -0.495 e. The molecule has 3 aromatic rings. The average Bonchev–Trinajstić information content (AvgIpc) is 2.82. The standard InChI is InChI=1S/C25H28N4O3/c1-18-8-9-19(2)20(16-18)21-10-11-24(30)29(26-21)17-25(31)28-14-12-27(13-15-28)22-6-4-5-7-23(22)32-3/h4-11,16H,12-15,17H2,1-3H3. The summed E-state index contributed by atoms with van der Waals surface area (Å²) in [5.74, 6) is 0.726. The van der Waals surface area contributed by atoms with E-state index in [0.29, 0.717) is 31.9 Å². The number of hydrogen-bond donors (Lipinski definition) is 0. The monoisotopic (exact) mass is 432 g/mol. The van der Waals surface area contributed by atoms with Gasteiger partial charge in [0.1, 0.15) is 12.3 Å². The summed E-state index contributed by atoms with van der Waals surface area (Å²) in [5, 5.41) is 4.49. The molecule has 32 heavy (non-hydrogen) atoms. The van der Waals surface area contributed by atoms with Crippen LogP contribution in [0.2, 0.25) is 0 Å². The highest BCUT2D eigenvalue weighted by Crippen LogP contribution is 2.28. The van der Waals surface area contributed by atoms with E-state index in [4.69, 9.17) is 4.74 Å². The van der Waals surface area contributed by atoms with E-state index in [1.54, 1.807) is 18.1 Å². The predicted octanol–water partition coefficient (Wildman–Crippen LogP) is 2.88. The van der Waals surface area contributed by atoms with Gasteiger partial charge in [-0.15, -0.1) is 0 Å². The van der Waals surface area contributed by atoms with Crippen molar-refractivity contribution >= 4 is 11.6 Å². The lowest BCUT2D eigenvalue weighted by Gasteiger charge is -2.36. The van der Waals surface area contributed by atoms with Gasteiger partial charge in [0.2, 0.25) is 5.91 Å². The van der Waals surface area contributed by atoms with Crippen LogP contribution in [0.4, 0.5) is 5.69 Å². The zero-order valence-electron chi connectivity index (χ0n) is 18.7. The number of piperazine rings is 1. The molecule has 0 radical (unpaired) electrons. The number of para-hydroxylation sites is 2. The van der Waals surface area contributed by atoms with E-state index in [0.717, 1.165) is 28.1 Å². The normalized spacial score (nSPS) is 13.8. The topological polar surface area (TPSA) is 67.7 Å². The number of aromatic nitrogens is 2. The number of anilines is 1. The second-order valence-corrected chi connectivity index (χ2v) is 8.07. The molecule has 7 nitrogen and oxygen atoms in total. The molecule has 0 atom stereocenters. The van der Waals surface area contributed by atoms with Crippen molar-refractivity contribution in [3.05, 3.63) is 76.1 Å². The predicted molar refractivity (Wildman–Crippen MR) is 125 cm³/mol. The minimum absolute atomic E-state index is 0.0633. The van der Waals surface area contributed by atoms with Crippen LogP contribution in [0.25, 0.3) is 11.3 Å². The van der Waals surface area contributed by atoms with Crippen molar-refractivity contribution < 1.29 is 9.53 Å². The molecule has 0 aliphatic carbocycles. The SMILES string of the molecule is COc1ccccc1N1CCN(C(=O)Cn2nc(-c3cc(C)ccc3C)ccc2=O)CC1. The molecule has 1 aliphatic rings. The number of rotatable bonds is 5. The van der Waals surface area contributed by atoms with Gasteiger partial charge >= 0.3 is 0 Å². The van der Waals surface area contributed by atoms with Crippen LogP contribution in [-0.2, 0) is 11.3 Å². The number of amides is 1. The molecule has 0 bridgehead atoms. The first kappa shape index (κ1) is 21.6. The van der Waals surface area contributed by atoms with E-state index in [1.165, 1.54) is 10.7 Å². The van der Waals surface area contributed by atoms with Gasteiger partial charge in [-0.25, -0.2) is 4.68 Å². The molecule has 1 aromatic heterocycles. The highest BCUT2D eigenvalue weighted by molar-refractivity contribution is 5.76. The van der Waals surface area contributed by atoms with Crippen LogP contribution in [0, 0.1) is 13.8 Å². The van der Waals surface area contributed by atoms with Gasteiger partial charge in [0.25, 0.3) is 5.56 Å². The van der Waals surface area contributed by atoms with Crippen LogP contribution in [0.15, 0.2) is 59.4 Å². The van der Waals surface area contributed by atoms with Crippen molar-refractivity contribution in [1.29, 1.82) is 0 Å². The minimum atomic E-state index is -0.278. The molecule has 0 spiro atoms. The maximum Gasteiger partial charge on any atom is 0.267 e. The number of methoxy groups -OCH3 is 1. The Morgan fingerprint density at radius 1 is 1.00 bits per heavy atom. The van der Waals surface area contributed by atoms with E-state index in [2.05, 4.69) is 10.00 Å². The number of aryl methyl sites for hydroxylation is 2. The van der Waals surface area contributed by atoms with Gasteiger partial charge in [-0.2, -0.15) is 5.10 Å². The number of ether oxygens (including phenoxy) is 1. The zero-order chi connectivity index (χ0) is 22.7. The Morgan fingerprint density at radius 3 is 2.50 bits per heavy atom. The van der Waals surface area contributed by atoms with Crippen LogP contribution < -0.4 is 15.2 Å². The maximum absolute atomic E-state index is 12.9. The second kappa shape index (κ2) is 9.26. The van der Waals surface area contributed by atoms with Crippen LogP contribution in [0.5, 0.6) is 5.75 Å². The van der Waals surface area contributed by atoms with Crippen LogP contribution in [-0.4, -0.2) is 53.9 Å². The van der Waals surface area contributed by atoms with Gasteiger partial charge in [-0.3, -0.25) is 9.59 Å². The van der Waals surface area contributed by atoms with Gasteiger partial charge in [0.05, 0.1) is 18.5 Å². The lowest BCUT2D eigenvalue weighted by molar-refractivity contribution is -0.132. The Morgan fingerprint density at radius 2 is 1.75 bits per heavy atom. The Balaban J connectivity index is 1.46. The molecule has 2 heterocycles. The Hall–Kier alpha value is -3.61. The van der Waals surface area contributed by atoms with E-state index in [-0.39, 0.29) is 18.0 Å². The molecule has 1 fully saturated rings. The van der Waals surface area contributed by atoms with Gasteiger partial charge in [0, 0.05) is 37.8 Å². The molecule has 1 saturated heterocycles. The fourth-order valence-corrected chi connectivity index (χ4v) is 4.03. The van der Waals surface area contributed by atoms with Crippen molar-refractivity contribution in [2.45, 2.75) is 20.4 Å². The molecule has 0 unspecified atom stereocenters. The van der Waals surface area contributed by atoms with Crippen molar-refractivity contribution in [2.75, 3.05) is 38.2 Å². The summed E-state index contributed by atoms with van der Waals surface area (Å²) in [6, 6.07) is 17.2. The van der Waals surface area contributed by atoms with Crippen LogP contribution in [0.1, 0.15) is 11.1 Å². The number of hydrogen-bond acceptors (Lipinski definition) is 5. The number of carbonyl (C=O) groups is 1. The molecule has 7 heteroatoms. The zero-order valence-corrected chi connectivity index (χ0v) is 18.7. The molecular formula is C25H28N4O3. The summed E-state index contributed by atoms with van der Waals surface area (Å²) in [6.07, 6.45) is 0. The molecule has 0 saturated carbocycles. The average molecular weight is 433 g/mol. The van der Waals surface area contributed by atoms with Gasteiger partial charge in [-0.1, -0.05) is 29.8 Å². The Bertz CT molecular complexity index is 1180. The summed E-state index contributed by atoms with van der Waals surface area (Å²) in [4.78, 5) is 29.3. The molecule has 1 amide bonds. The largest absolute Gasteiger partial charge is 0.495 e. The second-order valence-electron chi connectivity index (χ2n) is 8.07. The third-order valence-corrected chi connectivity index (χ3v) is 5.88. The fourth-order valence-electron chi connectivity index (χ4n) is 4.03. The van der Waals surface area contributed by atoms with E-state index in [1.807, 2.05) is 56.3 Å². The van der Waals surface area contributed by atoms with E-state index < -0.39 is 0 Å². The smallest absolute Gasteiger partial charge is 0.267 e. The van der Waals surface area contributed by atoms with Gasteiger partial charge in [-0.05, 0) is 43.7 Å². The van der Waals surface area contributed by atoms with Crippen LogP contribution in [0.3, 0.4) is 0 Å². The van der Waals surface area contributed by atoms with Crippen molar-refractivity contribution in [2.24, 2.45) is 0 Å². The fraction of sp³-hybridized carbons (Fsp3) is 0.320. The summed E-state index contributed by atoms with van der Waals surface area (Å²) in [6.45, 7) is 6.55. The van der Waals surface area contributed by atoms with E-state index in [9.17, 15) is 9.59 Å². The quantitative estimate of drug-likeness (QED) is 0.620. The van der Waals surface area contributed by atoms with Gasteiger partial charge in [0.15, 0.2) is 0 Å². The third-order valence-electron chi connectivity index (χ3n) is 5.88. The highest BCUT2D eigenvalue weighted by Gasteiger charge is 2.23. The molecular weight excluding hydrogens is 404 g/mol. The van der Waals surface area contributed by atoms with Crippen molar-refractivity contribution in [3.63, 3.8) is 0 Å². The number of carbonyl (C=O) groups excluding carboxylic acids is 1. The first-order valence-corrected chi connectivity index (χ1v) is 10.8. The van der Waals surface area contributed by atoms with Gasteiger partial charge < -0.3 is 14.5 Å². The van der Waals surface area contributed by atoms with Crippen LogP contribution >= 0.6 is 0 Å². The molecule has 166 valence electrons. The summed E-state index contributed by atoms with van der Waals surface area (Å²) < 4.78 is 6.73. The molecule has 2 aromatic carbocycles. The maximum atomic E-state index is 12.9. The summed E-state index contributed by atoms with van der Waals surface area (Å²) >= 11 is 0. The Kier molecular flexibility index (Phi) is 6.25.